The van der Waals surface area contributed by atoms with Gasteiger partial charge in [0.25, 0.3) is 0 Å². The Bertz CT molecular complexity index is 4520. The van der Waals surface area contributed by atoms with Gasteiger partial charge in [0.05, 0.1) is 73.0 Å². The molecule has 0 saturated carbocycles. The average molecular weight is 1490 g/mol. The minimum absolute atomic E-state index is 0.0139. The number of aliphatic hydroxyl groups is 1. The van der Waals surface area contributed by atoms with Crippen molar-refractivity contribution in [1.29, 1.82) is 0 Å². The van der Waals surface area contributed by atoms with E-state index in [-0.39, 0.29) is 66.4 Å². The van der Waals surface area contributed by atoms with E-state index < -0.39 is 141 Å². The van der Waals surface area contributed by atoms with Gasteiger partial charge in [0.1, 0.15) is 49.3 Å². The highest BCUT2D eigenvalue weighted by atomic mass is 16.8. The summed E-state index contributed by atoms with van der Waals surface area (Å²) in [5.41, 5.74) is 3.51. The molecule has 0 bridgehead atoms. The van der Waals surface area contributed by atoms with Crippen molar-refractivity contribution in [3.8, 4) is 0 Å². The Balaban J connectivity index is 0.926. The summed E-state index contributed by atoms with van der Waals surface area (Å²) in [6.45, 7) is -1.55. The van der Waals surface area contributed by atoms with E-state index in [9.17, 15) is 29.1 Å². The van der Waals surface area contributed by atoms with Crippen LogP contribution in [0.2, 0.25) is 0 Å². The maximum Gasteiger partial charge on any atom is 0.338 e. The van der Waals surface area contributed by atoms with Gasteiger partial charge in [-0.05, 0) is 95.1 Å². The molecule has 1 unspecified atom stereocenters. The Kier molecular flexibility index (Phi) is 27.0. The van der Waals surface area contributed by atoms with E-state index in [1.165, 1.54) is 72.8 Å². The Morgan fingerprint density at radius 1 is 0.255 bits per heavy atom. The summed E-state index contributed by atoms with van der Waals surface area (Å²) < 4.78 is 100. The largest absolute Gasteiger partial charge is 0.459 e. The first-order valence-corrected chi connectivity index (χ1v) is 36.0. The van der Waals surface area contributed by atoms with Crippen LogP contribution in [0.5, 0.6) is 0 Å². The Hall–Kier alpha value is -11.4. The SMILES string of the molecule is O=C(OC[C@H]1O[C@H](OC[C@H]2O[C@H](O)[C@@H](OC(=O)c3ccccc3)[C@@H](OC3O[C@H](COCc4ccccc4)[C@@H](OCc4ccccc4)[C@H](OCc4ccccc4)[C@@H]3OCc3ccccc3)[C@@H]2OC(=O)c2ccccc2)[C@@H](OC(=O)c2ccccc2)[C@@H](OC(=O)c2ccccc2)[C@@H]1OC(=O)c1ccccc1)c1ccccc1. The Morgan fingerprint density at radius 3 is 0.964 bits per heavy atom. The summed E-state index contributed by atoms with van der Waals surface area (Å²) in [5, 5.41) is 12.9. The second-order valence-corrected chi connectivity index (χ2v) is 26.0. The van der Waals surface area contributed by atoms with Gasteiger partial charge >= 0.3 is 35.8 Å². The van der Waals surface area contributed by atoms with Crippen LogP contribution in [0.15, 0.2) is 303 Å². The molecule has 0 radical (unpaired) electrons. The maximum atomic E-state index is 15.2. The molecule has 15 atom stereocenters. The smallest absolute Gasteiger partial charge is 0.338 e. The third kappa shape index (κ3) is 20.5. The molecule has 0 aliphatic carbocycles. The number of ether oxygens (including phenoxy) is 15. The average Bonchev–Trinajstić information content (AvgIpc) is 0.767. The number of hydrogen-bond acceptors (Lipinski definition) is 22. The van der Waals surface area contributed by atoms with Gasteiger partial charge in [0, 0.05) is 0 Å². The van der Waals surface area contributed by atoms with Crippen LogP contribution in [0.1, 0.15) is 84.4 Å². The van der Waals surface area contributed by atoms with Crippen LogP contribution in [-0.4, -0.2) is 153 Å². The third-order valence-corrected chi connectivity index (χ3v) is 18.4. The molecular formula is C88H80O22. The monoisotopic (exact) mass is 1490 g/mol. The van der Waals surface area contributed by atoms with Crippen molar-refractivity contribution in [3.05, 3.63) is 359 Å². The van der Waals surface area contributed by atoms with Gasteiger partial charge in [-0.15, -0.1) is 0 Å². The molecule has 3 saturated heterocycles. The van der Waals surface area contributed by atoms with Gasteiger partial charge in [-0.25, -0.2) is 28.8 Å². The second kappa shape index (κ2) is 38.6. The third-order valence-electron chi connectivity index (χ3n) is 18.4. The molecule has 564 valence electrons. The van der Waals surface area contributed by atoms with E-state index in [0.29, 0.717) is 0 Å². The molecular weight excluding hydrogens is 1410 g/mol. The van der Waals surface area contributed by atoms with E-state index in [1.54, 1.807) is 109 Å². The van der Waals surface area contributed by atoms with E-state index in [4.69, 9.17) is 71.1 Å². The number of rotatable bonds is 31. The maximum absolute atomic E-state index is 15.2. The van der Waals surface area contributed by atoms with Crippen molar-refractivity contribution in [2.24, 2.45) is 0 Å². The predicted octanol–water partition coefficient (Wildman–Crippen LogP) is 12.5. The molecule has 10 aromatic rings. The molecule has 3 heterocycles. The fraction of sp³-hybridized carbons (Fsp3) is 0.250. The lowest BCUT2D eigenvalue weighted by molar-refractivity contribution is -0.370. The quantitative estimate of drug-likeness (QED) is 0.0313. The molecule has 0 aromatic heterocycles. The molecule has 110 heavy (non-hydrogen) atoms. The summed E-state index contributed by atoms with van der Waals surface area (Å²) in [6, 6.07) is 85.1. The molecule has 22 heteroatoms. The van der Waals surface area contributed by atoms with Crippen molar-refractivity contribution in [2.75, 3.05) is 19.8 Å². The number of esters is 6. The van der Waals surface area contributed by atoms with Crippen LogP contribution >= 0.6 is 0 Å². The van der Waals surface area contributed by atoms with E-state index in [0.717, 1.165) is 22.3 Å². The Labute approximate surface area is 635 Å². The summed E-state index contributed by atoms with van der Waals surface area (Å²) >= 11 is 0. The lowest BCUT2D eigenvalue weighted by Crippen LogP contribution is -2.67. The fourth-order valence-corrected chi connectivity index (χ4v) is 12.8. The number of carbonyl (C=O) groups excluding carboxylic acids is 6. The standard InChI is InChI=1S/C88H80O22/c89-80(62-39-19-5-20-40-62)100-56-70-73(106-82(91)64-43-23-7-24-44-64)76(107-83(92)65-45-25-8-26-46-65)79(109-85(94)67-49-29-10-30-50-67)87(103-70)101-57-69-72(105-81(90)63-41-21-6-22-42-63)75(77(86(95)102-69)108-84(93)66-47-27-9-28-48-66)110-88-78(99-54-61-37-17-4-18-38-61)74(98-53-60-35-15-3-16-36-60)71(97-52-59-33-13-2-14-34-59)68(104-88)55-96-51-58-31-11-1-12-32-58/h1-50,68-79,86-88,95H,51-57H2/t68-,69-,70-,71-,72-,73-,74+,75+,76+,77+,78+,79+,86+,87+,88?/m1/s1. The van der Waals surface area contributed by atoms with Crippen molar-refractivity contribution in [3.63, 3.8) is 0 Å². The zero-order valence-corrected chi connectivity index (χ0v) is 59.5. The van der Waals surface area contributed by atoms with Gasteiger partial charge < -0.3 is 76.2 Å². The molecule has 3 aliphatic heterocycles. The molecule has 1 N–H and O–H groups in total. The lowest BCUT2D eigenvalue weighted by atomic mass is 9.95. The molecule has 3 aliphatic rings. The van der Waals surface area contributed by atoms with Crippen molar-refractivity contribution >= 4 is 35.8 Å². The first-order valence-electron chi connectivity index (χ1n) is 36.0. The van der Waals surface area contributed by atoms with Crippen molar-refractivity contribution in [1.82, 2.24) is 0 Å². The number of aliphatic hydroxyl groups excluding tert-OH is 1. The molecule has 3 fully saturated rings. The lowest BCUT2D eigenvalue weighted by Gasteiger charge is -2.49. The van der Waals surface area contributed by atoms with Crippen LogP contribution in [0.4, 0.5) is 0 Å². The summed E-state index contributed by atoms with van der Waals surface area (Å²) in [7, 11) is 0. The van der Waals surface area contributed by atoms with Crippen molar-refractivity contribution < 1.29 is 105 Å². The zero-order chi connectivity index (χ0) is 75.8. The zero-order valence-electron chi connectivity index (χ0n) is 59.5. The fourth-order valence-electron chi connectivity index (χ4n) is 12.8. The van der Waals surface area contributed by atoms with Gasteiger partial charge in [0.15, 0.2) is 49.4 Å². The normalized spacial score (nSPS) is 23.6. The number of carbonyl (C=O) groups is 6. The first kappa shape index (κ1) is 76.8. The second-order valence-electron chi connectivity index (χ2n) is 26.0. The summed E-state index contributed by atoms with van der Waals surface area (Å²) in [6.07, 6.45) is -25.0. The summed E-state index contributed by atoms with van der Waals surface area (Å²) in [4.78, 5) is 87.9. The van der Waals surface area contributed by atoms with Gasteiger partial charge in [-0.2, -0.15) is 0 Å². The predicted molar refractivity (Wildman–Crippen MR) is 395 cm³/mol. The van der Waals surface area contributed by atoms with Crippen molar-refractivity contribution in [2.45, 2.75) is 119 Å². The van der Waals surface area contributed by atoms with E-state index >= 15 is 4.79 Å². The topological polar surface area (TPSA) is 261 Å². The van der Waals surface area contributed by atoms with E-state index in [1.807, 2.05) is 121 Å². The molecule has 22 nitrogen and oxygen atoms in total. The van der Waals surface area contributed by atoms with Gasteiger partial charge in [-0.3, -0.25) is 0 Å². The minimum Gasteiger partial charge on any atom is -0.459 e. The summed E-state index contributed by atoms with van der Waals surface area (Å²) in [5.74, 6) is -5.68. The van der Waals surface area contributed by atoms with Crippen LogP contribution in [-0.2, 0) is 97.5 Å². The highest BCUT2D eigenvalue weighted by molar-refractivity contribution is 5.92. The Morgan fingerprint density at radius 2 is 0.555 bits per heavy atom. The van der Waals surface area contributed by atoms with Gasteiger partial charge in [0.2, 0.25) is 0 Å². The number of benzene rings is 10. The molecule has 0 amide bonds. The highest BCUT2D eigenvalue weighted by Crippen LogP contribution is 2.39. The van der Waals surface area contributed by atoms with Gasteiger partial charge in [-0.1, -0.05) is 231 Å². The van der Waals surface area contributed by atoms with E-state index in [2.05, 4.69) is 0 Å². The van der Waals surface area contributed by atoms with Crippen LogP contribution in [0, 0.1) is 0 Å². The molecule has 10 aromatic carbocycles. The first-order chi connectivity index (χ1) is 54.0. The highest BCUT2D eigenvalue weighted by Gasteiger charge is 2.58. The molecule has 0 spiro atoms. The molecule has 13 rings (SSSR count). The van der Waals surface area contributed by atoms with Crippen LogP contribution in [0.3, 0.4) is 0 Å². The van der Waals surface area contributed by atoms with Crippen LogP contribution in [0.25, 0.3) is 0 Å². The number of hydrogen-bond donors (Lipinski definition) is 1. The minimum atomic E-state index is -2.19. The van der Waals surface area contributed by atoms with Crippen LogP contribution < -0.4 is 0 Å².